The molecule has 3 aromatic carbocycles. The molecule has 6 heteroatoms. The number of nitrogens with zero attached hydrogens (tertiary/aromatic N) is 2. The first-order valence-electron chi connectivity index (χ1n) is 9.64. The van der Waals surface area contributed by atoms with Gasteiger partial charge in [0.15, 0.2) is 0 Å². The summed E-state index contributed by atoms with van der Waals surface area (Å²) in [4.78, 5) is 31.9. The summed E-state index contributed by atoms with van der Waals surface area (Å²) in [5, 5.41) is 3.50. The Morgan fingerprint density at radius 2 is 1.67 bits per heavy atom. The summed E-state index contributed by atoms with van der Waals surface area (Å²) in [6, 6.07) is 24.3. The van der Waals surface area contributed by atoms with Gasteiger partial charge in [-0.1, -0.05) is 66.2 Å². The molecule has 0 aromatic heterocycles. The highest BCUT2D eigenvalue weighted by molar-refractivity contribution is 6.30. The zero-order valence-corrected chi connectivity index (χ0v) is 17.0. The van der Waals surface area contributed by atoms with E-state index >= 15 is 0 Å². The number of halogens is 1. The summed E-state index contributed by atoms with van der Waals surface area (Å²) < 4.78 is 0. The highest BCUT2D eigenvalue weighted by Crippen LogP contribution is 2.32. The van der Waals surface area contributed by atoms with Crippen molar-refractivity contribution in [3.8, 4) is 0 Å². The Balaban J connectivity index is 1.55. The van der Waals surface area contributed by atoms with Crippen LogP contribution in [0.25, 0.3) is 0 Å². The summed E-state index contributed by atoms with van der Waals surface area (Å²) in [7, 11) is 0. The van der Waals surface area contributed by atoms with Gasteiger partial charge in [0.25, 0.3) is 0 Å². The monoisotopic (exact) mass is 417 g/mol. The maximum absolute atomic E-state index is 13.1. The molecule has 30 heavy (non-hydrogen) atoms. The number of rotatable bonds is 5. The Labute approximate surface area is 180 Å². The van der Waals surface area contributed by atoms with Crippen molar-refractivity contribution in [3.63, 3.8) is 0 Å². The smallest absolute Gasteiger partial charge is 0.240 e. The van der Waals surface area contributed by atoms with Crippen LogP contribution in [0.4, 0.5) is 11.4 Å². The topological polar surface area (TPSA) is 61.8 Å². The zero-order valence-electron chi connectivity index (χ0n) is 16.2. The Morgan fingerprint density at radius 1 is 0.967 bits per heavy atom. The summed E-state index contributed by atoms with van der Waals surface area (Å²) in [5.74, 6) is -0.402. The molecule has 0 unspecified atom stereocenters. The van der Waals surface area contributed by atoms with E-state index in [9.17, 15) is 9.59 Å². The summed E-state index contributed by atoms with van der Waals surface area (Å²) in [6.07, 6.45) is 0.0995. The molecule has 3 aromatic rings. The normalized spacial score (nSPS) is 13.3. The minimum atomic E-state index is -0.225. The number of para-hydroxylation sites is 2. The first-order valence-corrected chi connectivity index (χ1v) is 10.0. The van der Waals surface area contributed by atoms with Gasteiger partial charge < -0.3 is 10.2 Å². The number of carbonyl (C=O) groups excluding carboxylic acids is 2. The van der Waals surface area contributed by atoms with E-state index in [4.69, 9.17) is 16.6 Å². The summed E-state index contributed by atoms with van der Waals surface area (Å²) in [6.45, 7) is 0.349. The van der Waals surface area contributed by atoms with Crippen LogP contribution < -0.4 is 10.2 Å². The third-order valence-electron chi connectivity index (χ3n) is 4.86. The van der Waals surface area contributed by atoms with E-state index in [0.29, 0.717) is 28.7 Å². The van der Waals surface area contributed by atoms with Crippen LogP contribution in [0.3, 0.4) is 0 Å². The molecule has 0 fully saturated rings. The average molecular weight is 418 g/mol. The predicted molar refractivity (Wildman–Crippen MR) is 119 cm³/mol. The van der Waals surface area contributed by atoms with Gasteiger partial charge in [-0.3, -0.25) is 14.6 Å². The van der Waals surface area contributed by atoms with Gasteiger partial charge in [0, 0.05) is 11.6 Å². The Hall–Kier alpha value is -3.44. The maximum Gasteiger partial charge on any atom is 0.240 e. The van der Waals surface area contributed by atoms with E-state index in [-0.39, 0.29) is 24.8 Å². The molecule has 5 nitrogen and oxygen atoms in total. The number of anilines is 1. The Kier molecular flexibility index (Phi) is 5.91. The van der Waals surface area contributed by atoms with E-state index < -0.39 is 0 Å². The third-order valence-corrected chi connectivity index (χ3v) is 5.11. The van der Waals surface area contributed by atoms with Crippen LogP contribution in [0.2, 0.25) is 5.02 Å². The lowest BCUT2D eigenvalue weighted by atomic mass is 10.1. The number of hydrogen-bond acceptors (Lipinski definition) is 3. The second-order valence-corrected chi connectivity index (χ2v) is 7.41. The van der Waals surface area contributed by atoms with Crippen LogP contribution in [0.15, 0.2) is 83.9 Å². The molecule has 1 N–H and O–H groups in total. The summed E-state index contributed by atoms with van der Waals surface area (Å²) >= 11 is 5.99. The zero-order chi connectivity index (χ0) is 20.9. The van der Waals surface area contributed by atoms with Crippen molar-refractivity contribution < 1.29 is 9.59 Å². The molecule has 0 atom stereocenters. The molecule has 0 aliphatic carbocycles. The van der Waals surface area contributed by atoms with Crippen molar-refractivity contribution in [2.75, 3.05) is 11.4 Å². The van der Waals surface area contributed by atoms with Crippen LogP contribution in [0.1, 0.15) is 17.5 Å². The number of aliphatic imine (C=N–C) groups is 1. The van der Waals surface area contributed by atoms with E-state index in [1.807, 2.05) is 66.7 Å². The second kappa shape index (κ2) is 8.93. The Morgan fingerprint density at radius 3 is 2.43 bits per heavy atom. The number of amides is 2. The highest BCUT2D eigenvalue weighted by Gasteiger charge is 2.26. The van der Waals surface area contributed by atoms with Gasteiger partial charge in [-0.15, -0.1) is 0 Å². The number of nitrogens with one attached hydrogen (secondary N) is 1. The molecular weight excluding hydrogens is 398 g/mol. The van der Waals surface area contributed by atoms with Crippen LogP contribution in [-0.2, 0) is 16.1 Å². The molecule has 4 rings (SSSR count). The maximum atomic E-state index is 13.1. The molecule has 1 aliphatic rings. The fourth-order valence-electron chi connectivity index (χ4n) is 3.32. The van der Waals surface area contributed by atoms with Gasteiger partial charge in [0.05, 0.1) is 23.5 Å². The van der Waals surface area contributed by atoms with Crippen molar-refractivity contribution in [1.29, 1.82) is 0 Å². The fraction of sp³-hybridized carbons (Fsp3) is 0.125. The number of fused-ring (bicyclic) bond motifs is 1. The molecule has 0 saturated heterocycles. The molecule has 0 spiro atoms. The lowest BCUT2D eigenvalue weighted by Crippen LogP contribution is -2.40. The molecule has 1 heterocycles. The lowest BCUT2D eigenvalue weighted by molar-refractivity contribution is -0.123. The van der Waals surface area contributed by atoms with E-state index in [0.717, 1.165) is 11.1 Å². The molecule has 1 aliphatic heterocycles. The average Bonchev–Trinajstić information content (AvgIpc) is 2.90. The lowest BCUT2D eigenvalue weighted by Gasteiger charge is -2.22. The first-order chi connectivity index (χ1) is 14.6. The number of carbonyl (C=O) groups is 2. The standard InChI is InChI=1S/C24H20ClN3O2/c25-19-12-10-18(11-13-19)21-14-24(30)28(22-9-5-4-8-20(22)27-21)16-23(29)26-15-17-6-2-1-3-7-17/h1-13H,14-16H2,(H,26,29). The van der Waals surface area contributed by atoms with Crippen molar-refractivity contribution in [2.24, 2.45) is 4.99 Å². The van der Waals surface area contributed by atoms with Gasteiger partial charge in [0.2, 0.25) is 11.8 Å². The van der Waals surface area contributed by atoms with Gasteiger partial charge in [-0.05, 0) is 35.4 Å². The Bertz CT molecular complexity index is 1090. The van der Waals surface area contributed by atoms with Crippen LogP contribution in [0, 0.1) is 0 Å². The minimum Gasteiger partial charge on any atom is -0.350 e. The summed E-state index contributed by atoms with van der Waals surface area (Å²) in [5.41, 5.74) is 3.77. The van der Waals surface area contributed by atoms with Gasteiger partial charge in [0.1, 0.15) is 6.54 Å². The third kappa shape index (κ3) is 4.58. The van der Waals surface area contributed by atoms with Crippen molar-refractivity contribution in [1.82, 2.24) is 5.32 Å². The molecule has 2 amide bonds. The largest absolute Gasteiger partial charge is 0.350 e. The predicted octanol–water partition coefficient (Wildman–Crippen LogP) is 4.51. The van der Waals surface area contributed by atoms with Crippen LogP contribution in [0.5, 0.6) is 0 Å². The molecule has 150 valence electrons. The van der Waals surface area contributed by atoms with Gasteiger partial charge >= 0.3 is 0 Å². The van der Waals surface area contributed by atoms with Gasteiger partial charge in [-0.2, -0.15) is 0 Å². The van der Waals surface area contributed by atoms with E-state index in [2.05, 4.69) is 5.32 Å². The first kappa shape index (κ1) is 19.9. The van der Waals surface area contributed by atoms with Crippen molar-refractivity contribution >= 4 is 40.5 Å². The second-order valence-electron chi connectivity index (χ2n) is 6.97. The fourth-order valence-corrected chi connectivity index (χ4v) is 3.45. The highest BCUT2D eigenvalue weighted by atomic mass is 35.5. The minimum absolute atomic E-state index is 0.0634. The van der Waals surface area contributed by atoms with Crippen LogP contribution in [-0.4, -0.2) is 24.1 Å². The number of benzene rings is 3. The quantitative estimate of drug-likeness (QED) is 0.663. The van der Waals surface area contributed by atoms with Crippen LogP contribution >= 0.6 is 11.6 Å². The molecule has 0 saturated carbocycles. The van der Waals surface area contributed by atoms with Gasteiger partial charge in [-0.25, -0.2) is 0 Å². The van der Waals surface area contributed by atoms with E-state index in [1.54, 1.807) is 12.1 Å². The number of hydrogen-bond donors (Lipinski definition) is 1. The van der Waals surface area contributed by atoms with Crippen molar-refractivity contribution in [2.45, 2.75) is 13.0 Å². The molecular formula is C24H20ClN3O2. The van der Waals surface area contributed by atoms with E-state index in [1.165, 1.54) is 4.90 Å². The molecule has 0 radical (unpaired) electrons. The SMILES string of the molecule is O=C(CN1C(=O)CC(c2ccc(Cl)cc2)=Nc2ccccc21)NCc1ccccc1. The molecule has 0 bridgehead atoms. The van der Waals surface area contributed by atoms with Crippen molar-refractivity contribution in [3.05, 3.63) is 95.0 Å².